The van der Waals surface area contributed by atoms with Crippen molar-refractivity contribution in [1.29, 1.82) is 0 Å². The third kappa shape index (κ3) is 6.60. The van der Waals surface area contributed by atoms with Crippen LogP contribution >= 0.6 is 23.4 Å². The van der Waals surface area contributed by atoms with Crippen molar-refractivity contribution in [1.82, 2.24) is 20.2 Å². The second kappa shape index (κ2) is 11.8. The molecule has 1 unspecified atom stereocenters. The summed E-state index contributed by atoms with van der Waals surface area (Å²) >= 11 is 7.32. The molecule has 0 saturated heterocycles. The Morgan fingerprint density at radius 3 is 2.65 bits per heavy atom. The average Bonchev–Trinajstić information content (AvgIpc) is 3.27. The summed E-state index contributed by atoms with van der Waals surface area (Å²) in [7, 11) is 0. The molecule has 0 spiro atoms. The third-order valence-electron chi connectivity index (χ3n) is 5.38. The molecule has 1 atom stereocenters. The highest BCUT2D eigenvalue weighted by molar-refractivity contribution is 8.00. The fraction of sp³-hybridized carbons (Fsp3) is 0.154. The summed E-state index contributed by atoms with van der Waals surface area (Å²) in [4.78, 5) is 12.7. The predicted octanol–water partition coefficient (Wildman–Crippen LogP) is 4.88. The van der Waals surface area contributed by atoms with Crippen LogP contribution in [0, 0.1) is 6.92 Å². The van der Waals surface area contributed by atoms with Crippen molar-refractivity contribution in [2.75, 3.05) is 5.32 Å². The van der Waals surface area contributed by atoms with Crippen molar-refractivity contribution in [2.45, 2.75) is 30.8 Å². The van der Waals surface area contributed by atoms with E-state index in [-0.39, 0.29) is 17.4 Å². The first-order valence-corrected chi connectivity index (χ1v) is 12.6. The van der Waals surface area contributed by atoms with Gasteiger partial charge in [0.1, 0.15) is 11.5 Å². The molecule has 0 aliphatic rings. The van der Waals surface area contributed by atoms with Gasteiger partial charge in [-0.15, -0.1) is 10.2 Å². The zero-order chi connectivity index (χ0) is 26.4. The average molecular weight is 537 g/mol. The van der Waals surface area contributed by atoms with E-state index in [4.69, 9.17) is 11.6 Å². The number of aromatic hydroxyl groups is 2. The second-order valence-corrected chi connectivity index (χ2v) is 9.86. The van der Waals surface area contributed by atoms with Crippen molar-refractivity contribution in [3.05, 3.63) is 88.7 Å². The number of thioether (sulfide) groups is 1. The molecule has 4 rings (SSSR count). The molecule has 190 valence electrons. The number of carbonyl (C=O) groups excluding carboxylic acids is 1. The molecular formula is C26H25ClN6O3S. The molecule has 3 aromatic carbocycles. The Hall–Kier alpha value is -4.02. The van der Waals surface area contributed by atoms with Crippen molar-refractivity contribution >= 4 is 41.2 Å². The lowest BCUT2D eigenvalue weighted by Gasteiger charge is -2.14. The summed E-state index contributed by atoms with van der Waals surface area (Å²) in [6, 6.07) is 19.4. The number of hydrazone groups is 1. The number of benzene rings is 3. The Kier molecular flexibility index (Phi) is 8.32. The van der Waals surface area contributed by atoms with Gasteiger partial charge in [-0.25, -0.2) is 5.43 Å². The van der Waals surface area contributed by atoms with Crippen LogP contribution in [0.3, 0.4) is 0 Å². The number of hydrogen-bond donors (Lipinski definition) is 4. The van der Waals surface area contributed by atoms with E-state index in [1.54, 1.807) is 6.92 Å². The number of phenols is 2. The smallest absolute Gasteiger partial charge is 0.253 e. The topological polar surface area (TPSA) is 125 Å². The Morgan fingerprint density at radius 1 is 1.14 bits per heavy atom. The fourth-order valence-corrected chi connectivity index (χ4v) is 4.54. The maximum absolute atomic E-state index is 12.7. The van der Waals surface area contributed by atoms with E-state index in [1.165, 1.54) is 36.2 Å². The molecule has 0 radical (unpaired) electrons. The van der Waals surface area contributed by atoms with Crippen LogP contribution in [0.2, 0.25) is 5.02 Å². The number of nitrogens with one attached hydrogen (secondary N) is 2. The van der Waals surface area contributed by atoms with Crippen LogP contribution in [0.1, 0.15) is 23.9 Å². The molecular weight excluding hydrogens is 512 g/mol. The van der Waals surface area contributed by atoms with Crippen LogP contribution < -0.4 is 10.7 Å². The minimum Gasteiger partial charge on any atom is -0.508 e. The highest BCUT2D eigenvalue weighted by Gasteiger charge is 2.21. The van der Waals surface area contributed by atoms with Crippen LogP contribution in [0.4, 0.5) is 5.69 Å². The molecule has 1 heterocycles. The number of phenolic OH excluding ortho intramolecular Hbond substituents is 2. The van der Waals surface area contributed by atoms with Gasteiger partial charge in [0.25, 0.3) is 5.91 Å². The largest absolute Gasteiger partial charge is 0.508 e. The number of carbonyl (C=O) groups is 1. The lowest BCUT2D eigenvalue weighted by atomic mass is 10.2. The maximum Gasteiger partial charge on any atom is 0.253 e. The van der Waals surface area contributed by atoms with Crippen molar-refractivity contribution in [3.8, 4) is 17.2 Å². The van der Waals surface area contributed by atoms with Crippen LogP contribution in [-0.4, -0.2) is 42.3 Å². The molecule has 0 saturated carbocycles. The summed E-state index contributed by atoms with van der Waals surface area (Å²) in [5, 5.41) is 35.9. The number of nitrogens with zero attached hydrogens (tertiary/aromatic N) is 4. The van der Waals surface area contributed by atoms with Crippen molar-refractivity contribution in [3.63, 3.8) is 0 Å². The Balaban J connectivity index is 1.48. The van der Waals surface area contributed by atoms with Crippen LogP contribution in [0.25, 0.3) is 5.69 Å². The van der Waals surface area contributed by atoms with Crippen LogP contribution in [0.5, 0.6) is 11.5 Å². The highest BCUT2D eigenvalue weighted by Crippen LogP contribution is 2.27. The van der Waals surface area contributed by atoms with E-state index in [2.05, 4.69) is 26.0 Å². The zero-order valence-electron chi connectivity index (χ0n) is 20.1. The Bertz CT molecular complexity index is 1430. The van der Waals surface area contributed by atoms with Gasteiger partial charge in [-0.2, -0.15) is 5.10 Å². The number of para-hydroxylation sites is 1. The van der Waals surface area contributed by atoms with Gasteiger partial charge in [0.15, 0.2) is 11.0 Å². The molecule has 0 bridgehead atoms. The number of amides is 1. The van der Waals surface area contributed by atoms with Crippen molar-refractivity contribution < 1.29 is 15.0 Å². The first-order valence-electron chi connectivity index (χ1n) is 11.3. The van der Waals surface area contributed by atoms with E-state index in [0.29, 0.717) is 28.1 Å². The minimum absolute atomic E-state index is 0.0656. The number of aromatic nitrogens is 3. The van der Waals surface area contributed by atoms with Gasteiger partial charge in [0, 0.05) is 28.0 Å². The first-order chi connectivity index (χ1) is 17.8. The van der Waals surface area contributed by atoms with Gasteiger partial charge in [0.2, 0.25) is 0 Å². The number of halogens is 1. The van der Waals surface area contributed by atoms with Gasteiger partial charge in [0.05, 0.1) is 18.0 Å². The standard InChI is InChI=1S/C26H25ClN6O3S/c1-16-12-19(27)9-11-22(16)28-15-24-30-32-26(33(24)20-6-4-3-5-7-20)37-17(2)25(36)31-29-14-18-8-10-21(34)13-23(18)35/h3-14,17,28,34-35H,15H2,1-2H3,(H,31,36)/b29-14+. The first kappa shape index (κ1) is 26.1. The molecule has 37 heavy (non-hydrogen) atoms. The number of hydrogen-bond acceptors (Lipinski definition) is 8. The van der Waals surface area contributed by atoms with Crippen LogP contribution in [-0.2, 0) is 11.3 Å². The van der Waals surface area contributed by atoms with E-state index in [0.717, 1.165) is 16.9 Å². The number of rotatable bonds is 9. The summed E-state index contributed by atoms with van der Waals surface area (Å²) in [5.41, 5.74) is 5.65. The molecule has 9 nitrogen and oxygen atoms in total. The van der Waals surface area contributed by atoms with E-state index >= 15 is 0 Å². The zero-order valence-corrected chi connectivity index (χ0v) is 21.7. The van der Waals surface area contributed by atoms with Gasteiger partial charge in [-0.05, 0) is 61.9 Å². The van der Waals surface area contributed by atoms with E-state index in [1.807, 2.05) is 60.0 Å². The highest BCUT2D eigenvalue weighted by atomic mass is 35.5. The maximum atomic E-state index is 12.7. The van der Waals surface area contributed by atoms with Gasteiger partial charge in [-0.3, -0.25) is 9.36 Å². The molecule has 0 aliphatic carbocycles. The van der Waals surface area contributed by atoms with E-state index in [9.17, 15) is 15.0 Å². The van der Waals surface area contributed by atoms with Crippen LogP contribution in [0.15, 0.2) is 77.0 Å². The SMILES string of the molecule is Cc1cc(Cl)ccc1NCc1nnc(SC(C)C(=O)N/N=C/c2ccc(O)cc2O)n1-c1ccccc1. The minimum atomic E-state index is -0.545. The summed E-state index contributed by atoms with van der Waals surface area (Å²) < 4.78 is 1.91. The predicted molar refractivity (Wildman–Crippen MR) is 146 cm³/mol. The Labute approximate surface area is 223 Å². The van der Waals surface area contributed by atoms with Gasteiger partial charge < -0.3 is 15.5 Å². The lowest BCUT2D eigenvalue weighted by molar-refractivity contribution is -0.120. The second-order valence-electron chi connectivity index (χ2n) is 8.12. The lowest BCUT2D eigenvalue weighted by Crippen LogP contribution is -2.27. The fourth-order valence-electron chi connectivity index (χ4n) is 3.44. The number of aryl methyl sites for hydroxylation is 1. The quantitative estimate of drug-likeness (QED) is 0.136. The monoisotopic (exact) mass is 536 g/mol. The molecule has 11 heteroatoms. The molecule has 4 N–H and O–H groups in total. The summed E-state index contributed by atoms with van der Waals surface area (Å²) in [6.07, 6.45) is 1.30. The Morgan fingerprint density at radius 2 is 1.92 bits per heavy atom. The van der Waals surface area contributed by atoms with E-state index < -0.39 is 5.25 Å². The molecule has 1 aromatic heterocycles. The molecule has 0 aliphatic heterocycles. The van der Waals surface area contributed by atoms with Gasteiger partial charge in [-0.1, -0.05) is 41.6 Å². The molecule has 1 amide bonds. The normalized spacial score (nSPS) is 12.0. The molecule has 0 fully saturated rings. The number of anilines is 1. The molecule has 4 aromatic rings. The summed E-state index contributed by atoms with van der Waals surface area (Å²) in [5.74, 6) is 0.116. The third-order valence-corrected chi connectivity index (χ3v) is 6.66. The summed E-state index contributed by atoms with van der Waals surface area (Å²) in [6.45, 7) is 4.13. The van der Waals surface area contributed by atoms with Crippen molar-refractivity contribution in [2.24, 2.45) is 5.10 Å². The van der Waals surface area contributed by atoms with Gasteiger partial charge >= 0.3 is 0 Å².